The average molecular weight is 261 g/mol. The molecule has 19 heavy (non-hydrogen) atoms. The van der Waals surface area contributed by atoms with Gasteiger partial charge in [0.1, 0.15) is 0 Å². The molecule has 102 valence electrons. The Morgan fingerprint density at radius 3 is 3.05 bits per heavy atom. The Bertz CT molecular complexity index is 522. The highest BCUT2D eigenvalue weighted by Gasteiger charge is 2.29. The van der Waals surface area contributed by atoms with Crippen molar-refractivity contribution in [3.05, 3.63) is 17.7 Å². The molecule has 2 aliphatic heterocycles. The molecule has 0 bridgehead atoms. The molecule has 0 saturated carbocycles. The van der Waals surface area contributed by atoms with E-state index in [1.165, 1.54) is 0 Å². The first-order valence-electron chi connectivity index (χ1n) is 6.64. The minimum absolute atomic E-state index is 0.0266. The molecule has 1 fully saturated rings. The van der Waals surface area contributed by atoms with Gasteiger partial charge in [0.2, 0.25) is 5.91 Å². The first kappa shape index (κ1) is 12.3. The van der Waals surface area contributed by atoms with Crippen LogP contribution in [0.4, 0.5) is 17.1 Å². The number of anilines is 3. The van der Waals surface area contributed by atoms with Gasteiger partial charge in [-0.15, -0.1) is 0 Å². The summed E-state index contributed by atoms with van der Waals surface area (Å²) in [5, 5.41) is 6.32. The Labute approximate surface area is 112 Å². The summed E-state index contributed by atoms with van der Waals surface area (Å²) >= 11 is 0. The van der Waals surface area contributed by atoms with Crippen LogP contribution in [0.2, 0.25) is 0 Å². The van der Waals surface area contributed by atoms with E-state index in [9.17, 15) is 4.79 Å². The number of hydrogen-bond acceptors (Lipinski definition) is 4. The molecule has 0 aromatic heterocycles. The molecule has 1 unspecified atom stereocenters. The number of benzene rings is 1. The van der Waals surface area contributed by atoms with Crippen LogP contribution in [0.1, 0.15) is 25.3 Å². The Morgan fingerprint density at radius 2 is 2.32 bits per heavy atom. The van der Waals surface area contributed by atoms with Crippen LogP contribution in [0, 0.1) is 0 Å². The molecule has 2 heterocycles. The Hall–Kier alpha value is -1.75. The third-order valence-electron chi connectivity index (χ3n) is 3.77. The molecule has 2 aliphatic rings. The summed E-state index contributed by atoms with van der Waals surface area (Å²) in [5.74, 6) is 0.0266. The number of hydrogen-bond donors (Lipinski definition) is 3. The zero-order valence-corrected chi connectivity index (χ0v) is 11.1. The zero-order valence-electron chi connectivity index (χ0n) is 11.1. The van der Waals surface area contributed by atoms with Crippen LogP contribution in [-0.4, -0.2) is 24.7 Å². The van der Waals surface area contributed by atoms with Gasteiger partial charge in [-0.1, -0.05) is 0 Å². The molecular formula is C14H19N3O2. The molecule has 1 aromatic carbocycles. The van der Waals surface area contributed by atoms with Crippen LogP contribution >= 0.6 is 0 Å². The first-order chi connectivity index (χ1) is 9.06. The second-order valence-electron chi connectivity index (χ2n) is 5.66. The van der Waals surface area contributed by atoms with E-state index in [1.807, 2.05) is 12.1 Å². The zero-order chi connectivity index (χ0) is 13.5. The van der Waals surface area contributed by atoms with Crippen molar-refractivity contribution in [1.82, 2.24) is 0 Å². The topological polar surface area (TPSA) is 76.4 Å². The average Bonchev–Trinajstić information content (AvgIpc) is 2.69. The number of amides is 1. The Kier molecular flexibility index (Phi) is 2.86. The summed E-state index contributed by atoms with van der Waals surface area (Å²) in [6, 6.07) is 3.80. The quantitative estimate of drug-likeness (QED) is 0.709. The number of nitrogens with two attached hydrogens (primary N) is 1. The fourth-order valence-corrected chi connectivity index (χ4v) is 2.76. The number of carbonyl (C=O) groups is 1. The van der Waals surface area contributed by atoms with Crippen LogP contribution in [0.3, 0.4) is 0 Å². The summed E-state index contributed by atoms with van der Waals surface area (Å²) < 4.78 is 5.53. The smallest absolute Gasteiger partial charge is 0.228 e. The number of ether oxygens (including phenoxy) is 1. The van der Waals surface area contributed by atoms with Gasteiger partial charge in [0.05, 0.1) is 29.9 Å². The maximum absolute atomic E-state index is 11.4. The summed E-state index contributed by atoms with van der Waals surface area (Å²) in [6.45, 7) is 3.64. The van der Waals surface area contributed by atoms with E-state index in [4.69, 9.17) is 10.5 Å². The van der Waals surface area contributed by atoms with Crippen molar-refractivity contribution in [2.75, 3.05) is 29.6 Å². The molecule has 3 rings (SSSR count). The molecule has 0 aliphatic carbocycles. The normalized spacial score (nSPS) is 25.8. The van der Waals surface area contributed by atoms with E-state index in [0.29, 0.717) is 18.7 Å². The molecule has 0 radical (unpaired) electrons. The Morgan fingerprint density at radius 1 is 1.47 bits per heavy atom. The van der Waals surface area contributed by atoms with Crippen LogP contribution in [0.15, 0.2) is 12.1 Å². The van der Waals surface area contributed by atoms with E-state index >= 15 is 0 Å². The predicted molar refractivity (Wildman–Crippen MR) is 75.3 cm³/mol. The fourth-order valence-electron chi connectivity index (χ4n) is 2.76. The van der Waals surface area contributed by atoms with Crippen molar-refractivity contribution in [2.45, 2.75) is 31.7 Å². The highest BCUT2D eigenvalue weighted by Crippen LogP contribution is 2.34. The fraction of sp³-hybridized carbons (Fsp3) is 0.500. The number of carbonyl (C=O) groups excluding carboxylic acids is 1. The van der Waals surface area contributed by atoms with Crippen molar-refractivity contribution in [1.29, 1.82) is 0 Å². The number of fused-ring (bicyclic) bond motifs is 1. The first-order valence-corrected chi connectivity index (χ1v) is 6.64. The van der Waals surface area contributed by atoms with Gasteiger partial charge < -0.3 is 21.1 Å². The third-order valence-corrected chi connectivity index (χ3v) is 3.77. The van der Waals surface area contributed by atoms with Crippen molar-refractivity contribution in [3.8, 4) is 0 Å². The van der Waals surface area contributed by atoms with Gasteiger partial charge in [0, 0.05) is 12.3 Å². The molecule has 1 saturated heterocycles. The molecule has 1 aromatic rings. The van der Waals surface area contributed by atoms with Crippen LogP contribution < -0.4 is 16.4 Å². The molecular weight excluding hydrogens is 242 g/mol. The van der Waals surface area contributed by atoms with Gasteiger partial charge in [-0.05, 0) is 37.5 Å². The Balaban J connectivity index is 1.85. The van der Waals surface area contributed by atoms with Gasteiger partial charge in [0.15, 0.2) is 0 Å². The molecule has 5 heteroatoms. The lowest BCUT2D eigenvalue weighted by molar-refractivity contribution is -0.115. The van der Waals surface area contributed by atoms with Crippen LogP contribution in [-0.2, 0) is 16.0 Å². The largest absolute Gasteiger partial charge is 0.397 e. The number of nitrogens with one attached hydrogen (secondary N) is 2. The summed E-state index contributed by atoms with van der Waals surface area (Å²) in [5.41, 5.74) is 9.36. The van der Waals surface area contributed by atoms with Crippen molar-refractivity contribution in [3.63, 3.8) is 0 Å². The SMILES string of the molecule is CC1(Nc2cc3c(cc2N)CC(=O)N3)CCCOC1. The second-order valence-corrected chi connectivity index (χ2v) is 5.66. The summed E-state index contributed by atoms with van der Waals surface area (Å²) in [6.07, 6.45) is 2.52. The van der Waals surface area contributed by atoms with Crippen molar-refractivity contribution < 1.29 is 9.53 Å². The van der Waals surface area contributed by atoms with Gasteiger partial charge in [0.25, 0.3) is 0 Å². The molecule has 4 N–H and O–H groups in total. The minimum atomic E-state index is -0.0940. The maximum atomic E-state index is 11.4. The van der Waals surface area contributed by atoms with E-state index in [1.54, 1.807) is 0 Å². The standard InChI is InChI=1S/C14H19N3O2/c1-14(3-2-4-19-8-14)17-12-7-11-9(5-10(12)15)6-13(18)16-11/h5,7,17H,2-4,6,8,15H2,1H3,(H,16,18). The minimum Gasteiger partial charge on any atom is -0.397 e. The van der Waals surface area contributed by atoms with Gasteiger partial charge in [-0.25, -0.2) is 0 Å². The maximum Gasteiger partial charge on any atom is 0.228 e. The third kappa shape index (κ3) is 2.38. The van der Waals surface area contributed by atoms with Crippen molar-refractivity contribution in [2.24, 2.45) is 0 Å². The van der Waals surface area contributed by atoms with E-state index in [0.717, 1.165) is 36.4 Å². The lowest BCUT2D eigenvalue weighted by atomic mass is 9.94. The number of nitrogen functional groups attached to an aromatic ring is 1. The lowest BCUT2D eigenvalue weighted by Crippen LogP contribution is -2.43. The predicted octanol–water partition coefficient (Wildman–Crippen LogP) is 1.74. The van der Waals surface area contributed by atoms with E-state index in [-0.39, 0.29) is 11.4 Å². The highest BCUT2D eigenvalue weighted by atomic mass is 16.5. The summed E-state index contributed by atoms with van der Waals surface area (Å²) in [7, 11) is 0. The van der Waals surface area contributed by atoms with Crippen LogP contribution in [0.25, 0.3) is 0 Å². The highest BCUT2D eigenvalue weighted by molar-refractivity contribution is 6.00. The molecule has 0 spiro atoms. The lowest BCUT2D eigenvalue weighted by Gasteiger charge is -2.35. The van der Waals surface area contributed by atoms with E-state index < -0.39 is 0 Å². The van der Waals surface area contributed by atoms with Crippen molar-refractivity contribution >= 4 is 23.0 Å². The van der Waals surface area contributed by atoms with Crippen LogP contribution in [0.5, 0.6) is 0 Å². The molecule has 1 atom stereocenters. The second kappa shape index (κ2) is 4.42. The van der Waals surface area contributed by atoms with Gasteiger partial charge in [-0.3, -0.25) is 4.79 Å². The molecule has 1 amide bonds. The number of rotatable bonds is 2. The summed E-state index contributed by atoms with van der Waals surface area (Å²) in [4.78, 5) is 11.4. The van der Waals surface area contributed by atoms with Gasteiger partial charge >= 0.3 is 0 Å². The van der Waals surface area contributed by atoms with Gasteiger partial charge in [-0.2, -0.15) is 0 Å². The van der Waals surface area contributed by atoms with E-state index in [2.05, 4.69) is 17.6 Å². The molecule has 5 nitrogen and oxygen atoms in total. The monoisotopic (exact) mass is 261 g/mol.